The van der Waals surface area contributed by atoms with Gasteiger partial charge in [-0.2, -0.15) is 0 Å². The number of ether oxygens (including phenoxy) is 3. The Bertz CT molecular complexity index is 832. The van der Waals surface area contributed by atoms with Crippen LogP contribution in [0.3, 0.4) is 0 Å². The van der Waals surface area contributed by atoms with Gasteiger partial charge in [-0.05, 0) is 42.7 Å². The van der Waals surface area contributed by atoms with Crippen molar-refractivity contribution in [1.82, 2.24) is 5.32 Å². The highest BCUT2D eigenvalue weighted by molar-refractivity contribution is 5.90. The van der Waals surface area contributed by atoms with Crippen molar-refractivity contribution in [3.8, 4) is 11.5 Å². The molecule has 1 N–H and O–H groups in total. The lowest BCUT2D eigenvalue weighted by molar-refractivity contribution is -0.150. The van der Waals surface area contributed by atoms with Gasteiger partial charge >= 0.3 is 5.97 Å². The molecule has 2 aromatic rings. The second-order valence-corrected chi connectivity index (χ2v) is 6.05. The summed E-state index contributed by atoms with van der Waals surface area (Å²) in [5, 5.41) is 2.77. The molecule has 1 heterocycles. The summed E-state index contributed by atoms with van der Waals surface area (Å²) >= 11 is 0. The normalized spacial score (nSPS) is 13.4. The quantitative estimate of drug-likeness (QED) is 0.602. The van der Waals surface area contributed by atoms with Gasteiger partial charge in [0.2, 0.25) is 6.79 Å². The van der Waals surface area contributed by atoms with E-state index in [-0.39, 0.29) is 12.7 Å². The molecule has 0 radical (unpaired) electrons. The Kier molecular flexibility index (Phi) is 6.10. The van der Waals surface area contributed by atoms with Crippen molar-refractivity contribution in [2.24, 2.45) is 0 Å². The molecule has 6 heteroatoms. The summed E-state index contributed by atoms with van der Waals surface area (Å²) in [4.78, 5) is 23.9. The van der Waals surface area contributed by atoms with Crippen molar-refractivity contribution in [2.75, 3.05) is 13.3 Å². The Balaban J connectivity index is 1.43. The molecule has 1 aliphatic heterocycles. The van der Waals surface area contributed by atoms with Crippen molar-refractivity contribution in [3.05, 3.63) is 65.7 Å². The Morgan fingerprint density at radius 3 is 2.74 bits per heavy atom. The van der Waals surface area contributed by atoms with Crippen molar-refractivity contribution >= 4 is 18.0 Å². The van der Waals surface area contributed by atoms with Crippen LogP contribution in [-0.4, -0.2) is 31.3 Å². The molecule has 0 bridgehead atoms. The van der Waals surface area contributed by atoms with Gasteiger partial charge in [0, 0.05) is 12.6 Å². The Morgan fingerprint density at radius 1 is 1.15 bits per heavy atom. The molecular weight excluding hydrogens is 346 g/mol. The zero-order chi connectivity index (χ0) is 19.1. The predicted octanol–water partition coefficient (Wildman–Crippen LogP) is 2.72. The molecule has 2 aromatic carbocycles. The lowest BCUT2D eigenvalue weighted by Gasteiger charge is -2.12. The van der Waals surface area contributed by atoms with Crippen LogP contribution in [0, 0.1) is 0 Å². The average molecular weight is 367 g/mol. The van der Waals surface area contributed by atoms with E-state index in [0.29, 0.717) is 18.0 Å². The van der Waals surface area contributed by atoms with Crippen LogP contribution in [0.2, 0.25) is 0 Å². The van der Waals surface area contributed by atoms with Crippen LogP contribution < -0.4 is 14.8 Å². The molecule has 1 aliphatic rings. The second-order valence-electron chi connectivity index (χ2n) is 6.05. The van der Waals surface area contributed by atoms with Crippen LogP contribution in [0.5, 0.6) is 11.5 Å². The van der Waals surface area contributed by atoms with Crippen molar-refractivity contribution in [1.29, 1.82) is 0 Å². The number of rotatable bonds is 7. The molecule has 1 amide bonds. The minimum atomic E-state index is -0.866. The van der Waals surface area contributed by atoms with E-state index >= 15 is 0 Å². The summed E-state index contributed by atoms with van der Waals surface area (Å²) < 4.78 is 15.7. The molecule has 0 saturated carbocycles. The number of esters is 1. The van der Waals surface area contributed by atoms with E-state index in [1.54, 1.807) is 31.2 Å². The summed E-state index contributed by atoms with van der Waals surface area (Å²) in [6.07, 6.45) is 2.74. The van der Waals surface area contributed by atoms with Gasteiger partial charge in [0.05, 0.1) is 0 Å². The van der Waals surface area contributed by atoms with E-state index in [4.69, 9.17) is 14.2 Å². The summed E-state index contributed by atoms with van der Waals surface area (Å²) in [5.41, 5.74) is 1.91. The molecule has 0 fully saturated rings. The molecule has 0 aromatic heterocycles. The van der Waals surface area contributed by atoms with Crippen LogP contribution in [0.1, 0.15) is 18.1 Å². The highest BCUT2D eigenvalue weighted by Gasteiger charge is 2.16. The van der Waals surface area contributed by atoms with Crippen LogP contribution in [0.25, 0.3) is 6.08 Å². The molecule has 0 spiro atoms. The van der Waals surface area contributed by atoms with E-state index in [0.717, 1.165) is 17.5 Å². The molecule has 6 nitrogen and oxygen atoms in total. The lowest BCUT2D eigenvalue weighted by atomic mass is 10.1. The Hall–Kier alpha value is -3.28. The summed E-state index contributed by atoms with van der Waals surface area (Å²) in [6, 6.07) is 15.2. The maximum absolute atomic E-state index is 12.0. The molecule has 0 aliphatic carbocycles. The van der Waals surface area contributed by atoms with Crippen molar-refractivity contribution < 1.29 is 23.8 Å². The van der Waals surface area contributed by atoms with Gasteiger partial charge in [0.25, 0.3) is 5.91 Å². The first kappa shape index (κ1) is 18.5. The SMILES string of the molecule is CC(OC(=O)/C=C/c1ccc2c(c1)OCO2)C(=O)NCCc1ccccc1. The zero-order valence-corrected chi connectivity index (χ0v) is 15.0. The molecule has 1 atom stereocenters. The predicted molar refractivity (Wildman–Crippen MR) is 100 cm³/mol. The van der Waals surface area contributed by atoms with Crippen molar-refractivity contribution in [2.45, 2.75) is 19.4 Å². The maximum Gasteiger partial charge on any atom is 0.331 e. The first-order chi connectivity index (χ1) is 13.1. The molecule has 0 saturated heterocycles. The van der Waals surface area contributed by atoms with Crippen LogP contribution in [-0.2, 0) is 20.7 Å². The third-order valence-corrected chi connectivity index (χ3v) is 4.03. The lowest BCUT2D eigenvalue weighted by Crippen LogP contribution is -2.36. The monoisotopic (exact) mass is 367 g/mol. The summed E-state index contributed by atoms with van der Waals surface area (Å²) in [7, 11) is 0. The molecular formula is C21H21NO5. The van der Waals surface area contributed by atoms with Gasteiger partial charge in [-0.1, -0.05) is 36.4 Å². The van der Waals surface area contributed by atoms with E-state index in [9.17, 15) is 9.59 Å². The molecule has 140 valence electrons. The topological polar surface area (TPSA) is 73.9 Å². The van der Waals surface area contributed by atoms with Gasteiger partial charge in [0.1, 0.15) is 0 Å². The number of hydrogen-bond acceptors (Lipinski definition) is 5. The molecule has 3 rings (SSSR count). The maximum atomic E-state index is 12.0. The van der Waals surface area contributed by atoms with Gasteiger partial charge in [-0.3, -0.25) is 4.79 Å². The minimum Gasteiger partial charge on any atom is -0.454 e. The number of carbonyl (C=O) groups excluding carboxylic acids is 2. The van der Waals surface area contributed by atoms with Gasteiger partial charge in [0.15, 0.2) is 17.6 Å². The standard InChI is InChI=1S/C21H21NO5/c1-15(21(24)22-12-11-16-5-3-2-4-6-16)27-20(23)10-8-17-7-9-18-19(13-17)26-14-25-18/h2-10,13,15H,11-12,14H2,1H3,(H,22,24)/b10-8+. The number of fused-ring (bicyclic) bond motifs is 1. The average Bonchev–Trinajstić information content (AvgIpc) is 3.15. The van der Waals surface area contributed by atoms with Crippen LogP contribution >= 0.6 is 0 Å². The van der Waals surface area contributed by atoms with Crippen LogP contribution in [0.15, 0.2) is 54.6 Å². The number of amides is 1. The van der Waals surface area contributed by atoms with E-state index < -0.39 is 12.1 Å². The van der Waals surface area contributed by atoms with Gasteiger partial charge < -0.3 is 19.5 Å². The highest BCUT2D eigenvalue weighted by atomic mass is 16.7. The number of carbonyl (C=O) groups is 2. The van der Waals surface area contributed by atoms with E-state index in [1.165, 1.54) is 6.08 Å². The number of nitrogens with one attached hydrogen (secondary N) is 1. The number of hydrogen-bond donors (Lipinski definition) is 1. The van der Waals surface area contributed by atoms with E-state index in [1.807, 2.05) is 30.3 Å². The third kappa shape index (κ3) is 5.34. The first-order valence-electron chi connectivity index (χ1n) is 8.72. The first-order valence-corrected chi connectivity index (χ1v) is 8.72. The summed E-state index contributed by atoms with van der Waals surface area (Å²) in [6.45, 7) is 2.23. The largest absolute Gasteiger partial charge is 0.454 e. The van der Waals surface area contributed by atoms with Gasteiger partial charge in [-0.15, -0.1) is 0 Å². The smallest absolute Gasteiger partial charge is 0.331 e. The summed E-state index contributed by atoms with van der Waals surface area (Å²) in [5.74, 6) is 0.404. The molecule has 1 unspecified atom stereocenters. The fourth-order valence-corrected chi connectivity index (χ4v) is 2.57. The van der Waals surface area contributed by atoms with E-state index in [2.05, 4.69) is 5.32 Å². The third-order valence-electron chi connectivity index (χ3n) is 4.03. The fourth-order valence-electron chi connectivity index (χ4n) is 2.57. The van der Waals surface area contributed by atoms with Gasteiger partial charge in [-0.25, -0.2) is 4.79 Å². The Morgan fingerprint density at radius 2 is 1.93 bits per heavy atom. The highest BCUT2D eigenvalue weighted by Crippen LogP contribution is 2.32. The zero-order valence-electron chi connectivity index (χ0n) is 15.0. The fraction of sp³-hybridized carbons (Fsp3) is 0.238. The van der Waals surface area contributed by atoms with Crippen LogP contribution in [0.4, 0.5) is 0 Å². The number of benzene rings is 2. The second kappa shape index (κ2) is 8.89. The Labute approximate surface area is 157 Å². The minimum absolute atomic E-state index is 0.196. The van der Waals surface area contributed by atoms with Crippen molar-refractivity contribution in [3.63, 3.8) is 0 Å². The molecule has 27 heavy (non-hydrogen) atoms.